The summed E-state index contributed by atoms with van der Waals surface area (Å²) in [5.74, 6) is 1.49. The lowest BCUT2D eigenvalue weighted by Gasteiger charge is -2.18. The van der Waals surface area contributed by atoms with Gasteiger partial charge in [-0.3, -0.25) is 14.8 Å². The van der Waals surface area contributed by atoms with Crippen LogP contribution < -0.4 is 15.0 Å². The van der Waals surface area contributed by atoms with E-state index >= 15 is 0 Å². The van der Waals surface area contributed by atoms with Crippen molar-refractivity contribution in [1.82, 2.24) is 15.2 Å². The molecule has 1 saturated heterocycles. The fourth-order valence-corrected chi connectivity index (χ4v) is 3.54. The number of anilines is 2. The average molecular weight is 377 g/mol. The predicted molar refractivity (Wildman–Crippen MR) is 109 cm³/mol. The molecule has 1 atom stereocenters. The fraction of sp³-hybridized carbons (Fsp3) is 0.286. The number of aromatic amines is 1. The number of hydrogen-bond acceptors (Lipinski definition) is 5. The number of nitrogens with zero attached hydrogens (tertiary/aromatic N) is 3. The van der Waals surface area contributed by atoms with Gasteiger partial charge in [0, 0.05) is 41.8 Å². The monoisotopic (exact) mass is 377 g/mol. The number of nitrogens with one attached hydrogen (secondary N) is 2. The Kier molecular flexibility index (Phi) is 4.97. The third-order valence-electron chi connectivity index (χ3n) is 5.06. The van der Waals surface area contributed by atoms with Crippen molar-refractivity contribution in [1.29, 1.82) is 0 Å². The highest BCUT2D eigenvalue weighted by atomic mass is 16.5. The zero-order chi connectivity index (χ0) is 19.5. The number of ether oxygens (including phenoxy) is 1. The second-order valence-electron chi connectivity index (χ2n) is 6.75. The summed E-state index contributed by atoms with van der Waals surface area (Å²) in [4.78, 5) is 19.3. The van der Waals surface area contributed by atoms with Crippen LogP contribution >= 0.6 is 0 Å². The molecule has 1 amide bonds. The molecule has 0 spiro atoms. The molecule has 0 aliphatic carbocycles. The first-order valence-electron chi connectivity index (χ1n) is 9.39. The molecule has 1 unspecified atom stereocenters. The van der Waals surface area contributed by atoms with Crippen molar-refractivity contribution in [2.45, 2.75) is 25.8 Å². The number of H-pyrrole nitrogens is 1. The molecule has 0 bridgehead atoms. The van der Waals surface area contributed by atoms with Gasteiger partial charge in [0.05, 0.1) is 13.3 Å². The van der Waals surface area contributed by atoms with Gasteiger partial charge in [0.15, 0.2) is 0 Å². The molecule has 1 aliphatic heterocycles. The maximum absolute atomic E-state index is 13.0. The van der Waals surface area contributed by atoms with E-state index in [2.05, 4.69) is 27.4 Å². The van der Waals surface area contributed by atoms with Crippen LogP contribution in [0.4, 0.5) is 11.5 Å². The minimum atomic E-state index is -0.271. The van der Waals surface area contributed by atoms with E-state index in [0.717, 1.165) is 41.0 Å². The van der Waals surface area contributed by atoms with Crippen molar-refractivity contribution in [2.75, 3.05) is 23.9 Å². The van der Waals surface area contributed by atoms with Gasteiger partial charge in [-0.1, -0.05) is 13.0 Å². The predicted octanol–water partition coefficient (Wildman–Crippen LogP) is 3.26. The van der Waals surface area contributed by atoms with Crippen molar-refractivity contribution in [3.8, 4) is 16.9 Å². The van der Waals surface area contributed by atoms with Crippen molar-refractivity contribution in [3.05, 3.63) is 54.5 Å². The van der Waals surface area contributed by atoms with Crippen molar-refractivity contribution in [3.63, 3.8) is 0 Å². The van der Waals surface area contributed by atoms with Gasteiger partial charge in [0.2, 0.25) is 0 Å². The minimum Gasteiger partial charge on any atom is -0.497 e. The van der Waals surface area contributed by atoms with E-state index in [1.807, 2.05) is 42.7 Å². The Morgan fingerprint density at radius 1 is 1.32 bits per heavy atom. The number of carbonyl (C=O) groups is 1. The quantitative estimate of drug-likeness (QED) is 0.689. The van der Waals surface area contributed by atoms with Crippen LogP contribution in [0.3, 0.4) is 0 Å². The van der Waals surface area contributed by atoms with E-state index in [0.29, 0.717) is 12.4 Å². The van der Waals surface area contributed by atoms with Gasteiger partial charge in [-0.05, 0) is 36.6 Å². The van der Waals surface area contributed by atoms with E-state index in [1.165, 1.54) is 0 Å². The highest BCUT2D eigenvalue weighted by Crippen LogP contribution is 2.29. The molecular weight excluding hydrogens is 354 g/mol. The van der Waals surface area contributed by atoms with E-state index in [4.69, 9.17) is 4.74 Å². The van der Waals surface area contributed by atoms with Crippen molar-refractivity contribution in [2.24, 2.45) is 0 Å². The Hall–Kier alpha value is -3.35. The van der Waals surface area contributed by atoms with Gasteiger partial charge < -0.3 is 10.1 Å². The summed E-state index contributed by atoms with van der Waals surface area (Å²) in [6.45, 7) is 2.74. The summed E-state index contributed by atoms with van der Waals surface area (Å²) in [5.41, 5.74) is 4.05. The Balaban J connectivity index is 1.53. The van der Waals surface area contributed by atoms with Crippen LogP contribution in [0.15, 0.2) is 48.9 Å². The first-order chi connectivity index (χ1) is 13.7. The molecular formula is C21H23N5O2. The largest absolute Gasteiger partial charge is 0.497 e. The molecule has 7 nitrogen and oxygen atoms in total. The summed E-state index contributed by atoms with van der Waals surface area (Å²) in [5, 5.41) is 10.2. The molecule has 7 heteroatoms. The van der Waals surface area contributed by atoms with Crippen LogP contribution in [0, 0.1) is 0 Å². The minimum absolute atomic E-state index is 0.0356. The van der Waals surface area contributed by atoms with Crippen molar-refractivity contribution >= 4 is 17.4 Å². The van der Waals surface area contributed by atoms with E-state index in [1.54, 1.807) is 18.2 Å². The number of amides is 1. The lowest BCUT2D eigenvalue weighted by Crippen LogP contribution is -2.34. The molecule has 1 aliphatic rings. The molecule has 4 rings (SSSR count). The second-order valence-corrected chi connectivity index (χ2v) is 6.75. The molecule has 0 saturated carbocycles. The summed E-state index contributed by atoms with van der Waals surface area (Å²) in [7, 11) is 1.63. The smallest absolute Gasteiger partial charge is 0.250 e. The summed E-state index contributed by atoms with van der Waals surface area (Å²) in [6.07, 6.45) is 7.04. The third kappa shape index (κ3) is 3.43. The first kappa shape index (κ1) is 18.0. The van der Waals surface area contributed by atoms with Crippen LogP contribution in [0.2, 0.25) is 0 Å². The van der Waals surface area contributed by atoms with Gasteiger partial charge in [-0.25, -0.2) is 4.98 Å². The topological polar surface area (TPSA) is 83.1 Å². The number of carbonyl (C=O) groups excluding carboxylic acids is 1. The zero-order valence-electron chi connectivity index (χ0n) is 16.0. The molecule has 28 heavy (non-hydrogen) atoms. The Labute approximate surface area is 163 Å². The SMILES string of the molecule is CCc1cc(N2CCC(Nc3cccc(OC)c3)C2=O)ncc1-c1cn[nH]c1. The summed E-state index contributed by atoms with van der Waals surface area (Å²) < 4.78 is 5.25. The summed E-state index contributed by atoms with van der Waals surface area (Å²) >= 11 is 0. The first-order valence-corrected chi connectivity index (χ1v) is 9.39. The molecule has 0 radical (unpaired) electrons. The van der Waals surface area contributed by atoms with Gasteiger partial charge in [-0.15, -0.1) is 0 Å². The molecule has 3 aromatic rings. The zero-order valence-corrected chi connectivity index (χ0v) is 16.0. The number of methoxy groups -OCH3 is 1. The van der Waals surface area contributed by atoms with Crippen LogP contribution in [0.25, 0.3) is 11.1 Å². The average Bonchev–Trinajstić information content (AvgIpc) is 3.38. The molecule has 2 aromatic heterocycles. The number of pyridine rings is 1. The standard InChI is InChI=1S/C21H23N5O2/c1-3-14-9-20(22-13-18(14)15-11-23-24-12-15)26-8-7-19(21(26)27)25-16-5-4-6-17(10-16)28-2/h4-6,9-13,19,25H,3,7-8H2,1-2H3,(H,23,24). The number of hydrogen-bond donors (Lipinski definition) is 2. The number of aryl methyl sites for hydroxylation is 1. The Morgan fingerprint density at radius 2 is 2.21 bits per heavy atom. The lowest BCUT2D eigenvalue weighted by atomic mass is 10.0. The summed E-state index contributed by atoms with van der Waals surface area (Å²) in [6, 6.07) is 9.35. The number of benzene rings is 1. The van der Waals surface area contributed by atoms with Crippen molar-refractivity contribution < 1.29 is 9.53 Å². The van der Waals surface area contributed by atoms with Gasteiger partial charge >= 0.3 is 0 Å². The highest BCUT2D eigenvalue weighted by molar-refractivity contribution is 6.00. The molecule has 144 valence electrons. The van der Waals surface area contributed by atoms with Gasteiger partial charge in [-0.2, -0.15) is 5.10 Å². The van der Waals surface area contributed by atoms with Crippen LogP contribution in [-0.2, 0) is 11.2 Å². The number of aromatic nitrogens is 3. The van der Waals surface area contributed by atoms with Gasteiger partial charge in [0.25, 0.3) is 5.91 Å². The highest BCUT2D eigenvalue weighted by Gasteiger charge is 2.33. The fourth-order valence-electron chi connectivity index (χ4n) is 3.54. The van der Waals surface area contributed by atoms with E-state index in [9.17, 15) is 4.79 Å². The molecule has 1 fully saturated rings. The molecule has 1 aromatic carbocycles. The molecule has 3 heterocycles. The van der Waals surface area contributed by atoms with Crippen LogP contribution in [-0.4, -0.2) is 40.8 Å². The van der Waals surface area contributed by atoms with Crippen LogP contribution in [0.1, 0.15) is 18.9 Å². The van der Waals surface area contributed by atoms with Crippen LogP contribution in [0.5, 0.6) is 5.75 Å². The maximum Gasteiger partial charge on any atom is 0.250 e. The normalized spacial score (nSPS) is 16.4. The second kappa shape index (κ2) is 7.72. The Bertz CT molecular complexity index is 971. The third-order valence-corrected chi connectivity index (χ3v) is 5.06. The van der Waals surface area contributed by atoms with E-state index < -0.39 is 0 Å². The van der Waals surface area contributed by atoms with Gasteiger partial charge in [0.1, 0.15) is 17.6 Å². The maximum atomic E-state index is 13.0. The Morgan fingerprint density at radius 3 is 2.96 bits per heavy atom. The lowest BCUT2D eigenvalue weighted by molar-refractivity contribution is -0.117. The number of rotatable bonds is 6. The van der Waals surface area contributed by atoms with E-state index in [-0.39, 0.29) is 11.9 Å². The molecule has 2 N–H and O–H groups in total.